The number of carbonyl (C=O) groups is 1. The van der Waals surface area contributed by atoms with Crippen LogP contribution in [0.2, 0.25) is 0 Å². The lowest BCUT2D eigenvalue weighted by molar-refractivity contribution is -0.143. The predicted octanol–water partition coefficient (Wildman–Crippen LogP) is 4.68. The summed E-state index contributed by atoms with van der Waals surface area (Å²) < 4.78 is 4.93. The number of nitrogens with zero attached hydrogens (tertiary/aromatic N) is 2. The second kappa shape index (κ2) is 7.95. The van der Waals surface area contributed by atoms with E-state index in [1.165, 1.54) is 10.5 Å². The van der Waals surface area contributed by atoms with Crippen LogP contribution in [-0.2, 0) is 14.9 Å². The molecule has 23 heavy (non-hydrogen) atoms. The molecule has 0 saturated carbocycles. The van der Waals surface area contributed by atoms with E-state index in [0.29, 0.717) is 13.0 Å². The van der Waals surface area contributed by atoms with Gasteiger partial charge in [-0.2, -0.15) is 0 Å². The topological polar surface area (TPSA) is 51.5 Å². The third kappa shape index (κ3) is 4.56. The van der Waals surface area contributed by atoms with E-state index in [4.69, 9.17) is 4.74 Å². The number of carbonyl (C=O) groups excluding carboxylic acids is 1. The van der Waals surface area contributed by atoms with Crippen LogP contribution in [0.3, 0.4) is 0 Å². The number of pyridine rings is 1. The highest BCUT2D eigenvalue weighted by molar-refractivity contribution is 7.99. The second-order valence-corrected chi connectivity index (χ2v) is 7.50. The molecule has 0 N–H and O–H groups in total. The number of esters is 1. The zero-order valence-electron chi connectivity index (χ0n) is 14.5. The SMILES string of the molecule is CCOC(=O)CCCCCSc1cnc2c(c1)C(C)(C)C(C)=N2. The Labute approximate surface area is 143 Å². The molecular formula is C18H26N2O2S. The molecule has 4 nitrogen and oxygen atoms in total. The molecule has 0 unspecified atom stereocenters. The van der Waals surface area contributed by atoms with Crippen molar-refractivity contribution in [3.8, 4) is 0 Å². The van der Waals surface area contributed by atoms with Crippen LogP contribution in [0.25, 0.3) is 0 Å². The molecule has 0 bridgehead atoms. The van der Waals surface area contributed by atoms with Gasteiger partial charge in [0.25, 0.3) is 0 Å². The first-order chi connectivity index (χ1) is 10.9. The van der Waals surface area contributed by atoms with Crippen molar-refractivity contribution in [3.63, 3.8) is 0 Å². The molecule has 5 heteroatoms. The van der Waals surface area contributed by atoms with Gasteiger partial charge in [0.2, 0.25) is 0 Å². The lowest BCUT2D eigenvalue weighted by Gasteiger charge is -2.19. The normalized spacial score (nSPS) is 15.2. The fraction of sp³-hybridized carbons (Fsp3) is 0.611. The molecule has 1 aliphatic heterocycles. The highest BCUT2D eigenvalue weighted by atomic mass is 32.2. The summed E-state index contributed by atoms with van der Waals surface area (Å²) >= 11 is 1.83. The number of fused-ring (bicyclic) bond motifs is 1. The Morgan fingerprint density at radius 3 is 2.83 bits per heavy atom. The van der Waals surface area contributed by atoms with Crippen molar-refractivity contribution >= 4 is 29.3 Å². The molecular weight excluding hydrogens is 308 g/mol. The Balaban J connectivity index is 1.74. The van der Waals surface area contributed by atoms with Gasteiger partial charge in [0.05, 0.1) is 6.61 Å². The van der Waals surface area contributed by atoms with Gasteiger partial charge >= 0.3 is 5.97 Å². The molecule has 0 aliphatic carbocycles. The molecule has 0 spiro atoms. The van der Waals surface area contributed by atoms with Crippen molar-refractivity contribution in [1.29, 1.82) is 0 Å². The standard InChI is InChI=1S/C18H26N2O2S/c1-5-22-16(21)9-7-6-8-10-23-14-11-15-17(19-12-14)20-13(2)18(15,3)4/h11-12H,5-10H2,1-4H3. The van der Waals surface area contributed by atoms with Gasteiger partial charge in [-0.3, -0.25) is 4.79 Å². The number of aromatic nitrogens is 1. The maximum absolute atomic E-state index is 11.2. The first kappa shape index (κ1) is 18.0. The van der Waals surface area contributed by atoms with Crippen molar-refractivity contribution in [2.45, 2.75) is 63.7 Å². The summed E-state index contributed by atoms with van der Waals surface area (Å²) in [4.78, 5) is 21.5. The molecule has 126 valence electrons. The van der Waals surface area contributed by atoms with Gasteiger partial charge in [-0.25, -0.2) is 9.98 Å². The number of hydrogen-bond donors (Lipinski definition) is 0. The molecule has 0 aromatic carbocycles. The van der Waals surface area contributed by atoms with Gasteiger partial charge in [0.15, 0.2) is 5.82 Å². The van der Waals surface area contributed by atoms with Crippen LogP contribution in [0, 0.1) is 0 Å². The molecule has 1 aromatic heterocycles. The van der Waals surface area contributed by atoms with E-state index in [2.05, 4.69) is 36.8 Å². The largest absolute Gasteiger partial charge is 0.466 e. The predicted molar refractivity (Wildman–Crippen MR) is 95.9 cm³/mol. The average Bonchev–Trinajstić information content (AvgIpc) is 2.73. The van der Waals surface area contributed by atoms with E-state index in [9.17, 15) is 4.79 Å². The number of rotatable bonds is 8. The molecule has 0 fully saturated rings. The molecule has 0 atom stereocenters. The van der Waals surface area contributed by atoms with E-state index in [1.54, 1.807) is 0 Å². The van der Waals surface area contributed by atoms with Gasteiger partial charge < -0.3 is 4.74 Å². The highest BCUT2D eigenvalue weighted by Gasteiger charge is 2.33. The third-order valence-electron chi connectivity index (χ3n) is 4.29. The van der Waals surface area contributed by atoms with Crippen molar-refractivity contribution in [3.05, 3.63) is 17.8 Å². The van der Waals surface area contributed by atoms with Crippen molar-refractivity contribution in [2.75, 3.05) is 12.4 Å². The Bertz CT molecular complexity index is 597. The summed E-state index contributed by atoms with van der Waals surface area (Å²) in [6.45, 7) is 8.77. The van der Waals surface area contributed by atoms with Gasteiger partial charge in [0.1, 0.15) is 0 Å². The molecule has 0 amide bonds. The zero-order valence-corrected chi connectivity index (χ0v) is 15.3. The van der Waals surface area contributed by atoms with Crippen LogP contribution in [0.15, 0.2) is 22.2 Å². The van der Waals surface area contributed by atoms with Gasteiger partial charge in [-0.15, -0.1) is 11.8 Å². The minimum absolute atomic E-state index is 0.0153. The molecule has 1 aromatic rings. The van der Waals surface area contributed by atoms with Crippen LogP contribution in [-0.4, -0.2) is 29.0 Å². The van der Waals surface area contributed by atoms with E-state index in [1.807, 2.05) is 24.9 Å². The summed E-state index contributed by atoms with van der Waals surface area (Å²) in [6, 6.07) is 2.23. The minimum atomic E-state index is -0.0828. The highest BCUT2D eigenvalue weighted by Crippen LogP contribution is 2.40. The quantitative estimate of drug-likeness (QED) is 0.393. The lowest BCUT2D eigenvalue weighted by Crippen LogP contribution is -2.22. The van der Waals surface area contributed by atoms with Crippen molar-refractivity contribution in [2.24, 2.45) is 4.99 Å². The smallest absolute Gasteiger partial charge is 0.305 e. The van der Waals surface area contributed by atoms with Crippen LogP contribution in [0.1, 0.15) is 58.9 Å². The Morgan fingerprint density at radius 2 is 2.09 bits per heavy atom. The molecule has 2 rings (SSSR count). The van der Waals surface area contributed by atoms with Gasteiger partial charge in [-0.1, -0.05) is 20.3 Å². The van der Waals surface area contributed by atoms with Gasteiger partial charge in [-0.05, 0) is 38.5 Å². The summed E-state index contributed by atoms with van der Waals surface area (Å²) in [7, 11) is 0. The Hall–Kier alpha value is -1.36. The molecule has 1 aliphatic rings. The summed E-state index contributed by atoms with van der Waals surface area (Å²) in [5, 5.41) is 0. The van der Waals surface area contributed by atoms with Crippen molar-refractivity contribution in [1.82, 2.24) is 4.98 Å². The fourth-order valence-corrected chi connectivity index (χ4v) is 3.44. The monoisotopic (exact) mass is 334 g/mol. The van der Waals surface area contributed by atoms with E-state index >= 15 is 0 Å². The first-order valence-corrected chi connectivity index (χ1v) is 9.28. The third-order valence-corrected chi connectivity index (χ3v) is 5.34. The lowest BCUT2D eigenvalue weighted by atomic mass is 9.83. The molecule has 0 radical (unpaired) electrons. The second-order valence-electron chi connectivity index (χ2n) is 6.33. The van der Waals surface area contributed by atoms with Crippen LogP contribution < -0.4 is 0 Å². The maximum atomic E-state index is 11.2. The first-order valence-electron chi connectivity index (χ1n) is 8.30. The number of hydrogen-bond acceptors (Lipinski definition) is 5. The van der Waals surface area contributed by atoms with Crippen LogP contribution in [0.4, 0.5) is 5.82 Å². The molecule has 0 saturated heterocycles. The van der Waals surface area contributed by atoms with Gasteiger partial charge in [0, 0.05) is 34.2 Å². The number of thioether (sulfide) groups is 1. The van der Waals surface area contributed by atoms with Crippen LogP contribution >= 0.6 is 11.8 Å². The van der Waals surface area contributed by atoms with Crippen molar-refractivity contribution < 1.29 is 9.53 Å². The summed E-state index contributed by atoms with van der Waals surface area (Å²) in [5.74, 6) is 1.83. The summed E-state index contributed by atoms with van der Waals surface area (Å²) in [6.07, 6.45) is 5.50. The maximum Gasteiger partial charge on any atom is 0.305 e. The molecule has 2 heterocycles. The number of ether oxygens (including phenoxy) is 1. The fourth-order valence-electron chi connectivity index (χ4n) is 2.53. The van der Waals surface area contributed by atoms with Crippen LogP contribution in [0.5, 0.6) is 0 Å². The van der Waals surface area contributed by atoms with E-state index in [0.717, 1.165) is 36.5 Å². The Kier molecular flexibility index (Phi) is 6.22. The van der Waals surface area contributed by atoms with E-state index < -0.39 is 0 Å². The van der Waals surface area contributed by atoms with E-state index in [-0.39, 0.29) is 11.4 Å². The average molecular weight is 334 g/mol. The Morgan fingerprint density at radius 1 is 1.30 bits per heavy atom. The number of aliphatic imine (C=N–C) groups is 1. The zero-order chi connectivity index (χ0) is 16.9. The minimum Gasteiger partial charge on any atom is -0.466 e. The summed E-state index contributed by atoms with van der Waals surface area (Å²) in [5.41, 5.74) is 2.34. The number of unbranched alkanes of at least 4 members (excludes halogenated alkanes) is 2.